The van der Waals surface area contributed by atoms with Crippen LogP contribution < -0.4 is 0 Å². The third-order valence-corrected chi connectivity index (χ3v) is 8.63. The minimum Gasteiger partial charge on any atom is -0.481 e. The van der Waals surface area contributed by atoms with Crippen molar-refractivity contribution in [2.24, 2.45) is 28.6 Å². The molecule has 3 saturated carbocycles. The highest BCUT2D eigenvalue weighted by molar-refractivity contribution is 5.91. The molecule has 160 valence electrons. The molecule has 0 aromatic carbocycles. The predicted molar refractivity (Wildman–Crippen MR) is 105 cm³/mol. The predicted octanol–water partition coefficient (Wildman–Crippen LogP) is 3.27. The van der Waals surface area contributed by atoms with E-state index in [9.17, 15) is 19.5 Å². The lowest BCUT2D eigenvalue weighted by Gasteiger charge is -2.56. The molecule has 7 atom stereocenters. The van der Waals surface area contributed by atoms with Crippen LogP contribution in [0.3, 0.4) is 0 Å². The van der Waals surface area contributed by atoms with Gasteiger partial charge in [-0.2, -0.15) is 0 Å². The van der Waals surface area contributed by atoms with Gasteiger partial charge in [0.1, 0.15) is 12.2 Å². The summed E-state index contributed by atoms with van der Waals surface area (Å²) in [6, 6.07) is 0. The Morgan fingerprint density at radius 2 is 1.86 bits per heavy atom. The smallest absolute Gasteiger partial charge is 0.306 e. The number of esters is 1. The fraction of sp³-hybridized carbons (Fsp3) is 0.783. The van der Waals surface area contributed by atoms with Crippen molar-refractivity contribution in [3.63, 3.8) is 0 Å². The zero-order valence-electron chi connectivity index (χ0n) is 17.4. The zero-order chi connectivity index (χ0) is 21.0. The van der Waals surface area contributed by atoms with Crippen molar-refractivity contribution < 1.29 is 29.3 Å². The monoisotopic (exact) mass is 404 g/mol. The number of allylic oxidation sites excluding steroid dienone is 1. The largest absolute Gasteiger partial charge is 0.481 e. The van der Waals surface area contributed by atoms with Crippen LogP contribution >= 0.6 is 0 Å². The van der Waals surface area contributed by atoms with Gasteiger partial charge >= 0.3 is 11.9 Å². The van der Waals surface area contributed by atoms with E-state index < -0.39 is 18.0 Å². The Morgan fingerprint density at radius 1 is 1.14 bits per heavy atom. The molecule has 6 nitrogen and oxygen atoms in total. The molecule has 0 spiro atoms. The van der Waals surface area contributed by atoms with Gasteiger partial charge in [0.2, 0.25) is 0 Å². The number of hydrogen-bond acceptors (Lipinski definition) is 5. The lowest BCUT2D eigenvalue weighted by molar-refractivity contribution is -0.154. The van der Waals surface area contributed by atoms with Crippen LogP contribution in [0.25, 0.3) is 0 Å². The van der Waals surface area contributed by atoms with E-state index >= 15 is 0 Å². The molecule has 2 N–H and O–H groups in total. The lowest BCUT2D eigenvalue weighted by Crippen LogP contribution is -2.50. The maximum Gasteiger partial charge on any atom is 0.306 e. The van der Waals surface area contributed by atoms with Crippen LogP contribution in [-0.2, 0) is 19.1 Å². The number of ketones is 1. The lowest BCUT2D eigenvalue weighted by atomic mass is 9.48. The van der Waals surface area contributed by atoms with Crippen molar-refractivity contribution in [1.29, 1.82) is 0 Å². The molecule has 0 bridgehead atoms. The van der Waals surface area contributed by atoms with Crippen molar-refractivity contribution in [3.8, 4) is 0 Å². The van der Waals surface area contributed by atoms with Gasteiger partial charge in [-0.1, -0.05) is 25.5 Å². The Bertz CT molecular complexity index is 756. The number of Topliss-reactive ketones (excluding diaryl/α,β-unsaturated/α-hetero) is 1. The van der Waals surface area contributed by atoms with Gasteiger partial charge < -0.3 is 14.9 Å². The van der Waals surface area contributed by atoms with Gasteiger partial charge in [0, 0.05) is 11.8 Å². The molecule has 0 radical (unpaired) electrons. The van der Waals surface area contributed by atoms with E-state index in [-0.39, 0.29) is 41.5 Å². The molecule has 0 unspecified atom stereocenters. The molecule has 4 aliphatic rings. The molecular formula is C23H32O6. The van der Waals surface area contributed by atoms with Gasteiger partial charge in [0.25, 0.3) is 0 Å². The second-order valence-corrected chi connectivity index (χ2v) is 10.1. The molecule has 4 rings (SSSR count). The molecule has 3 fully saturated rings. The first-order chi connectivity index (χ1) is 13.6. The number of ether oxygens (including phenoxy) is 1. The number of aliphatic hydroxyl groups excluding tert-OH is 1. The summed E-state index contributed by atoms with van der Waals surface area (Å²) >= 11 is 0. The van der Waals surface area contributed by atoms with Crippen LogP contribution in [0, 0.1) is 28.6 Å². The van der Waals surface area contributed by atoms with Crippen LogP contribution in [0.2, 0.25) is 0 Å². The van der Waals surface area contributed by atoms with Crippen molar-refractivity contribution in [3.05, 3.63) is 11.6 Å². The van der Waals surface area contributed by atoms with Crippen molar-refractivity contribution in [2.75, 3.05) is 0 Å². The Hall–Kier alpha value is -1.69. The fourth-order valence-electron chi connectivity index (χ4n) is 6.97. The normalized spacial score (nSPS) is 43.6. The number of carbonyl (C=O) groups excluding carboxylic acids is 2. The molecule has 0 aromatic heterocycles. The summed E-state index contributed by atoms with van der Waals surface area (Å²) in [5.41, 5.74) is 1.04. The highest BCUT2D eigenvalue weighted by Gasteiger charge is 2.61. The third kappa shape index (κ3) is 3.33. The minimum absolute atomic E-state index is 0.0397. The van der Waals surface area contributed by atoms with Crippen molar-refractivity contribution >= 4 is 17.7 Å². The number of carboxylic acid groups (broad SMARTS) is 1. The number of fused-ring (bicyclic) bond motifs is 5. The van der Waals surface area contributed by atoms with E-state index in [1.807, 2.05) is 0 Å². The standard InChI is InChI=1S/C23H32O6/c1-22-9-7-14(29-20(27)6-5-19(25)26)11-13(22)3-4-15-16(22)8-10-23(2)17(15)12-18(24)21(23)28/h3,14-18,24H,4-12H2,1-2H3,(H,25,26)/t14-,15-,16+,17+,18+,22+,23-/m0/s1. The second kappa shape index (κ2) is 7.22. The molecule has 4 aliphatic carbocycles. The molecule has 0 aliphatic heterocycles. The summed E-state index contributed by atoms with van der Waals surface area (Å²) in [4.78, 5) is 35.2. The molecule has 0 aromatic rings. The van der Waals surface area contributed by atoms with E-state index in [0.29, 0.717) is 18.3 Å². The molecule has 0 saturated heterocycles. The van der Waals surface area contributed by atoms with Crippen LogP contribution in [0.1, 0.15) is 71.6 Å². The Kier molecular flexibility index (Phi) is 5.12. The van der Waals surface area contributed by atoms with Crippen LogP contribution in [0.15, 0.2) is 11.6 Å². The summed E-state index contributed by atoms with van der Waals surface area (Å²) in [7, 11) is 0. The fourth-order valence-corrected chi connectivity index (χ4v) is 6.97. The maximum atomic E-state index is 12.6. The Balaban J connectivity index is 1.47. The molecule has 6 heteroatoms. The van der Waals surface area contributed by atoms with Gasteiger partial charge in [0.05, 0.1) is 12.8 Å². The van der Waals surface area contributed by atoms with E-state index in [1.165, 1.54) is 5.57 Å². The van der Waals surface area contributed by atoms with Crippen LogP contribution in [-0.4, -0.2) is 40.1 Å². The summed E-state index contributed by atoms with van der Waals surface area (Å²) in [5.74, 6) is -0.190. The van der Waals surface area contributed by atoms with Gasteiger partial charge in [-0.3, -0.25) is 14.4 Å². The average molecular weight is 405 g/mol. The summed E-state index contributed by atoms with van der Waals surface area (Å²) in [6.07, 6.45) is 6.90. The van der Waals surface area contributed by atoms with Gasteiger partial charge in [-0.25, -0.2) is 0 Å². The summed E-state index contributed by atoms with van der Waals surface area (Å²) in [5, 5.41) is 19.0. The van der Waals surface area contributed by atoms with Crippen molar-refractivity contribution in [2.45, 2.75) is 83.8 Å². The van der Waals surface area contributed by atoms with Gasteiger partial charge in [-0.15, -0.1) is 0 Å². The highest BCUT2D eigenvalue weighted by atomic mass is 16.5. The second-order valence-electron chi connectivity index (χ2n) is 10.1. The molecule has 29 heavy (non-hydrogen) atoms. The summed E-state index contributed by atoms with van der Waals surface area (Å²) < 4.78 is 5.56. The van der Waals surface area contributed by atoms with E-state index in [0.717, 1.165) is 38.5 Å². The van der Waals surface area contributed by atoms with Crippen LogP contribution in [0.5, 0.6) is 0 Å². The first-order valence-corrected chi connectivity index (χ1v) is 11.0. The minimum atomic E-state index is -0.987. The number of hydrogen-bond donors (Lipinski definition) is 2. The number of carboxylic acids is 1. The third-order valence-electron chi connectivity index (χ3n) is 8.63. The number of aliphatic hydroxyl groups is 1. The maximum absolute atomic E-state index is 12.6. The highest BCUT2D eigenvalue weighted by Crippen LogP contribution is 2.64. The summed E-state index contributed by atoms with van der Waals surface area (Å²) in [6.45, 7) is 4.38. The number of carbonyl (C=O) groups is 3. The zero-order valence-corrected chi connectivity index (χ0v) is 17.4. The van der Waals surface area contributed by atoms with Crippen molar-refractivity contribution in [1.82, 2.24) is 0 Å². The van der Waals surface area contributed by atoms with E-state index in [1.54, 1.807) is 0 Å². The Morgan fingerprint density at radius 3 is 2.59 bits per heavy atom. The SMILES string of the molecule is C[C@]12CC[C@@H]3[C@H](CC=C4C[C@@H](OC(=O)CCC(=O)O)CC[C@]43C)[C@H]1C[C@@H](O)C2=O. The topological polar surface area (TPSA) is 101 Å². The first kappa shape index (κ1) is 20.6. The quantitative estimate of drug-likeness (QED) is 0.551. The molecule has 0 heterocycles. The van der Waals surface area contributed by atoms with E-state index in [2.05, 4.69) is 19.9 Å². The number of aliphatic carboxylic acids is 1. The van der Waals surface area contributed by atoms with Gasteiger partial charge in [-0.05, 0) is 61.7 Å². The first-order valence-electron chi connectivity index (χ1n) is 11.0. The molecule has 0 amide bonds. The van der Waals surface area contributed by atoms with Gasteiger partial charge in [0.15, 0.2) is 5.78 Å². The average Bonchev–Trinajstić information content (AvgIpc) is 2.90. The number of rotatable bonds is 4. The Labute approximate surface area is 171 Å². The van der Waals surface area contributed by atoms with Crippen LogP contribution in [0.4, 0.5) is 0 Å². The molecular weight excluding hydrogens is 372 g/mol. The van der Waals surface area contributed by atoms with E-state index in [4.69, 9.17) is 9.84 Å².